The van der Waals surface area contributed by atoms with Crippen molar-refractivity contribution in [1.82, 2.24) is 0 Å². The van der Waals surface area contributed by atoms with Crippen molar-refractivity contribution in [3.05, 3.63) is 59.2 Å². The molecule has 0 unspecified atom stereocenters. The molecule has 2 N–H and O–H groups in total. The van der Waals surface area contributed by atoms with Crippen LogP contribution in [0.15, 0.2) is 42.5 Å². The number of benzene rings is 2. The third-order valence-electron chi connectivity index (χ3n) is 2.91. The van der Waals surface area contributed by atoms with Crippen LogP contribution in [0.1, 0.15) is 16.7 Å². The Morgan fingerprint density at radius 3 is 2.58 bits per heavy atom. The number of rotatable bonds is 5. The molecule has 100 valence electrons. The van der Waals surface area contributed by atoms with Gasteiger partial charge in [-0.1, -0.05) is 24.3 Å². The zero-order valence-electron chi connectivity index (χ0n) is 11.3. The predicted molar refractivity (Wildman–Crippen MR) is 76.3 cm³/mol. The molecular weight excluding hydrogens is 238 g/mol. The molecule has 0 radical (unpaired) electrons. The van der Waals surface area contributed by atoms with E-state index >= 15 is 0 Å². The molecule has 0 spiro atoms. The molecule has 2 rings (SSSR count). The summed E-state index contributed by atoms with van der Waals surface area (Å²) in [5.74, 6) is 1.67. The van der Waals surface area contributed by atoms with E-state index in [4.69, 9.17) is 15.2 Å². The van der Waals surface area contributed by atoms with E-state index in [0.717, 1.165) is 28.2 Å². The third kappa shape index (κ3) is 3.56. The molecule has 0 saturated heterocycles. The van der Waals surface area contributed by atoms with Crippen molar-refractivity contribution in [1.29, 1.82) is 0 Å². The average Bonchev–Trinajstić information content (AvgIpc) is 2.42. The molecule has 0 aliphatic heterocycles. The summed E-state index contributed by atoms with van der Waals surface area (Å²) in [6.45, 7) is 3.15. The molecule has 0 atom stereocenters. The van der Waals surface area contributed by atoms with Crippen molar-refractivity contribution in [3.8, 4) is 11.5 Å². The number of aryl methyl sites for hydroxylation is 1. The molecule has 2 aromatic carbocycles. The lowest BCUT2D eigenvalue weighted by atomic mass is 10.1. The molecular formula is C16H19NO2. The third-order valence-corrected chi connectivity index (χ3v) is 2.91. The van der Waals surface area contributed by atoms with Crippen LogP contribution in [-0.4, -0.2) is 7.11 Å². The van der Waals surface area contributed by atoms with Gasteiger partial charge in [0.05, 0.1) is 6.61 Å². The fourth-order valence-electron chi connectivity index (χ4n) is 1.95. The minimum absolute atomic E-state index is 0.546. The molecule has 0 aliphatic carbocycles. The van der Waals surface area contributed by atoms with Crippen molar-refractivity contribution in [2.45, 2.75) is 20.1 Å². The summed E-state index contributed by atoms with van der Waals surface area (Å²) in [4.78, 5) is 0. The van der Waals surface area contributed by atoms with Crippen LogP contribution in [0.25, 0.3) is 0 Å². The lowest BCUT2D eigenvalue weighted by Crippen LogP contribution is -1.97. The van der Waals surface area contributed by atoms with Crippen LogP contribution in [-0.2, 0) is 17.9 Å². The minimum atomic E-state index is 0.546. The summed E-state index contributed by atoms with van der Waals surface area (Å²) < 4.78 is 11.0. The molecule has 0 aromatic heterocycles. The van der Waals surface area contributed by atoms with E-state index in [1.54, 1.807) is 7.11 Å². The number of nitrogens with two attached hydrogens (primary N) is 1. The van der Waals surface area contributed by atoms with Gasteiger partial charge in [0.2, 0.25) is 0 Å². The molecule has 3 heteroatoms. The Bertz CT molecular complexity index is 552. The summed E-state index contributed by atoms with van der Waals surface area (Å²) in [7, 11) is 1.68. The van der Waals surface area contributed by atoms with Crippen molar-refractivity contribution >= 4 is 0 Å². The first-order valence-corrected chi connectivity index (χ1v) is 6.28. The first kappa shape index (κ1) is 13.6. The van der Waals surface area contributed by atoms with Crippen LogP contribution < -0.4 is 10.5 Å². The van der Waals surface area contributed by atoms with Gasteiger partial charge in [0, 0.05) is 13.7 Å². The highest BCUT2D eigenvalue weighted by Crippen LogP contribution is 2.26. The fourth-order valence-corrected chi connectivity index (χ4v) is 1.95. The molecule has 0 aliphatic rings. The van der Waals surface area contributed by atoms with Crippen LogP contribution in [0.4, 0.5) is 0 Å². The molecule has 0 saturated carbocycles. The highest BCUT2D eigenvalue weighted by Gasteiger charge is 2.03. The van der Waals surface area contributed by atoms with E-state index in [1.807, 2.05) is 49.4 Å². The topological polar surface area (TPSA) is 44.5 Å². The van der Waals surface area contributed by atoms with Gasteiger partial charge in [0.15, 0.2) is 0 Å². The van der Waals surface area contributed by atoms with E-state index < -0.39 is 0 Å². The lowest BCUT2D eigenvalue weighted by molar-refractivity contribution is 0.184. The standard InChI is InChI=1S/C16H19NO2/c1-12-8-13(10-17)6-7-16(12)19-15-5-3-4-14(9-15)11-18-2/h3-9H,10-11,17H2,1-2H3. The Balaban J connectivity index is 2.18. The highest BCUT2D eigenvalue weighted by atomic mass is 16.5. The summed E-state index contributed by atoms with van der Waals surface area (Å²) >= 11 is 0. The Labute approximate surface area is 114 Å². The van der Waals surface area contributed by atoms with E-state index in [2.05, 4.69) is 0 Å². The largest absolute Gasteiger partial charge is 0.457 e. The van der Waals surface area contributed by atoms with Gasteiger partial charge >= 0.3 is 0 Å². The molecule has 3 nitrogen and oxygen atoms in total. The number of methoxy groups -OCH3 is 1. The van der Waals surface area contributed by atoms with Gasteiger partial charge in [-0.3, -0.25) is 0 Å². The SMILES string of the molecule is COCc1cccc(Oc2ccc(CN)cc2C)c1. The first-order chi connectivity index (χ1) is 9.22. The lowest BCUT2D eigenvalue weighted by Gasteiger charge is -2.11. The van der Waals surface area contributed by atoms with Crippen LogP contribution in [0.3, 0.4) is 0 Å². The van der Waals surface area contributed by atoms with Gasteiger partial charge in [0.1, 0.15) is 11.5 Å². The maximum absolute atomic E-state index is 5.90. The summed E-state index contributed by atoms with van der Waals surface area (Å²) in [5.41, 5.74) is 8.91. The highest BCUT2D eigenvalue weighted by molar-refractivity contribution is 5.40. The second kappa shape index (κ2) is 6.36. The average molecular weight is 257 g/mol. The van der Waals surface area contributed by atoms with Gasteiger partial charge in [-0.15, -0.1) is 0 Å². The van der Waals surface area contributed by atoms with Crippen molar-refractivity contribution in [3.63, 3.8) is 0 Å². The molecule has 19 heavy (non-hydrogen) atoms. The van der Waals surface area contributed by atoms with Gasteiger partial charge in [-0.25, -0.2) is 0 Å². The molecule has 0 amide bonds. The summed E-state index contributed by atoms with van der Waals surface area (Å²) in [5, 5.41) is 0. The normalized spacial score (nSPS) is 10.5. The van der Waals surface area contributed by atoms with E-state index in [1.165, 1.54) is 0 Å². The van der Waals surface area contributed by atoms with Gasteiger partial charge in [0.25, 0.3) is 0 Å². The molecule has 0 heterocycles. The van der Waals surface area contributed by atoms with Gasteiger partial charge < -0.3 is 15.2 Å². The molecule has 0 bridgehead atoms. The van der Waals surface area contributed by atoms with Crippen LogP contribution in [0.5, 0.6) is 11.5 Å². The Hall–Kier alpha value is -1.84. The maximum atomic E-state index is 5.90. The number of ether oxygens (including phenoxy) is 2. The summed E-state index contributed by atoms with van der Waals surface area (Å²) in [6, 6.07) is 13.9. The zero-order valence-corrected chi connectivity index (χ0v) is 11.3. The van der Waals surface area contributed by atoms with Crippen molar-refractivity contribution < 1.29 is 9.47 Å². The summed E-state index contributed by atoms with van der Waals surface area (Å²) in [6.07, 6.45) is 0. The van der Waals surface area contributed by atoms with Gasteiger partial charge in [-0.05, 0) is 41.8 Å². The molecule has 2 aromatic rings. The van der Waals surface area contributed by atoms with Crippen LogP contribution >= 0.6 is 0 Å². The van der Waals surface area contributed by atoms with E-state index in [-0.39, 0.29) is 0 Å². The van der Waals surface area contributed by atoms with Gasteiger partial charge in [-0.2, -0.15) is 0 Å². The van der Waals surface area contributed by atoms with Crippen molar-refractivity contribution in [2.75, 3.05) is 7.11 Å². The Kier molecular flexibility index (Phi) is 4.55. The van der Waals surface area contributed by atoms with Crippen LogP contribution in [0, 0.1) is 6.92 Å². The number of hydrogen-bond acceptors (Lipinski definition) is 3. The van der Waals surface area contributed by atoms with Crippen LogP contribution in [0.2, 0.25) is 0 Å². The zero-order chi connectivity index (χ0) is 13.7. The Morgan fingerprint density at radius 1 is 1.05 bits per heavy atom. The second-order valence-corrected chi connectivity index (χ2v) is 4.49. The second-order valence-electron chi connectivity index (χ2n) is 4.49. The Morgan fingerprint density at radius 2 is 1.89 bits per heavy atom. The van der Waals surface area contributed by atoms with E-state index in [0.29, 0.717) is 13.2 Å². The maximum Gasteiger partial charge on any atom is 0.130 e. The smallest absolute Gasteiger partial charge is 0.130 e. The van der Waals surface area contributed by atoms with Crippen molar-refractivity contribution in [2.24, 2.45) is 5.73 Å². The van der Waals surface area contributed by atoms with E-state index in [9.17, 15) is 0 Å². The quantitative estimate of drug-likeness (QED) is 0.893. The first-order valence-electron chi connectivity index (χ1n) is 6.28. The number of hydrogen-bond donors (Lipinski definition) is 1. The predicted octanol–water partition coefficient (Wildman–Crippen LogP) is 3.39. The monoisotopic (exact) mass is 257 g/mol. The fraction of sp³-hybridized carbons (Fsp3) is 0.250. The molecule has 0 fully saturated rings. The minimum Gasteiger partial charge on any atom is -0.457 e.